The van der Waals surface area contributed by atoms with E-state index in [1.54, 1.807) is 0 Å². The summed E-state index contributed by atoms with van der Waals surface area (Å²) in [6, 6.07) is 3.42. The molecule has 4 heteroatoms. The molecule has 0 amide bonds. The third kappa shape index (κ3) is 2.27. The molecule has 0 heterocycles. The molecule has 0 aliphatic rings. The summed E-state index contributed by atoms with van der Waals surface area (Å²) >= 11 is 2.82. The second-order valence-electron chi connectivity index (χ2n) is 2.11. The lowest BCUT2D eigenvalue weighted by Gasteiger charge is -1.96. The predicted molar refractivity (Wildman–Crippen MR) is 46.5 cm³/mol. The first kappa shape index (κ1) is 9.70. The number of hydrogen-bond acceptors (Lipinski definition) is 1. The van der Waals surface area contributed by atoms with E-state index in [1.165, 1.54) is 6.07 Å². The van der Waals surface area contributed by atoms with E-state index in [0.29, 0.717) is 0 Å². The lowest BCUT2D eigenvalue weighted by atomic mass is 10.2. The van der Waals surface area contributed by atoms with Crippen molar-refractivity contribution >= 4 is 15.9 Å². The molecule has 0 spiro atoms. The zero-order valence-corrected chi connectivity index (χ0v) is 7.82. The Morgan fingerprint density at radius 2 is 1.92 bits per heavy atom. The van der Waals surface area contributed by atoms with Gasteiger partial charge in [0.15, 0.2) is 6.07 Å². The summed E-state index contributed by atoms with van der Waals surface area (Å²) in [6.07, 6.45) is 0. The predicted octanol–water partition coefficient (Wildman–Crippen LogP) is 2.60. The summed E-state index contributed by atoms with van der Waals surface area (Å²) in [6.45, 7) is 0. The smallest absolute Gasteiger partial charge is 0.152 e. The Morgan fingerprint density at radius 1 is 1.23 bits per heavy atom. The van der Waals surface area contributed by atoms with Crippen LogP contribution in [0.25, 0.3) is 0 Å². The van der Waals surface area contributed by atoms with Crippen LogP contribution >= 0.6 is 15.9 Å². The molecule has 1 aromatic carbocycles. The van der Waals surface area contributed by atoms with Crippen molar-refractivity contribution in [1.29, 1.82) is 5.26 Å². The van der Waals surface area contributed by atoms with Crippen LogP contribution in [0.5, 0.6) is 0 Å². The molecular weight excluding hydrogens is 240 g/mol. The van der Waals surface area contributed by atoms with Gasteiger partial charge in [-0.2, -0.15) is 5.26 Å². The van der Waals surface area contributed by atoms with E-state index < -0.39 is 11.6 Å². The first-order chi connectivity index (χ1) is 6.15. The first-order valence-electron chi connectivity index (χ1n) is 3.20. The molecule has 0 aromatic heterocycles. The molecule has 0 radical (unpaired) electrons. The van der Waals surface area contributed by atoms with Crippen molar-refractivity contribution in [2.24, 2.45) is 0 Å². The highest BCUT2D eigenvalue weighted by molar-refractivity contribution is 9.10. The van der Waals surface area contributed by atoms with Crippen LogP contribution in [0.4, 0.5) is 8.78 Å². The number of rotatable bonds is 0. The average molecular weight is 242 g/mol. The Labute approximate surface area is 82.1 Å². The number of hydrogen-bond donors (Lipinski definition) is 0. The van der Waals surface area contributed by atoms with Crippen molar-refractivity contribution in [3.63, 3.8) is 0 Å². The number of nitriles is 1. The van der Waals surface area contributed by atoms with Gasteiger partial charge in [0, 0.05) is 5.92 Å². The van der Waals surface area contributed by atoms with Crippen molar-refractivity contribution in [3.8, 4) is 17.9 Å². The molecule has 1 rings (SSSR count). The van der Waals surface area contributed by atoms with E-state index in [9.17, 15) is 8.78 Å². The average Bonchev–Trinajstić information content (AvgIpc) is 2.09. The van der Waals surface area contributed by atoms with Crippen molar-refractivity contribution in [2.45, 2.75) is 0 Å². The fourth-order valence-corrected chi connectivity index (χ4v) is 1.03. The second-order valence-corrected chi connectivity index (χ2v) is 2.96. The second kappa shape index (κ2) is 4.02. The van der Waals surface area contributed by atoms with Gasteiger partial charge in [-0.05, 0) is 34.0 Å². The molecule has 0 bridgehead atoms. The van der Waals surface area contributed by atoms with E-state index in [2.05, 4.69) is 21.9 Å². The first-order valence-corrected chi connectivity index (χ1v) is 3.99. The van der Waals surface area contributed by atoms with E-state index >= 15 is 0 Å². The van der Waals surface area contributed by atoms with Crippen LogP contribution in [0.1, 0.15) is 5.56 Å². The fraction of sp³-hybridized carbons (Fsp3) is 0. The Morgan fingerprint density at radius 3 is 2.54 bits per heavy atom. The van der Waals surface area contributed by atoms with Crippen LogP contribution < -0.4 is 0 Å². The Kier molecular flexibility index (Phi) is 3.00. The molecule has 0 unspecified atom stereocenters. The zero-order valence-electron chi connectivity index (χ0n) is 6.24. The topological polar surface area (TPSA) is 23.8 Å². The lowest BCUT2D eigenvalue weighted by molar-refractivity contribution is 0.592. The summed E-state index contributed by atoms with van der Waals surface area (Å²) in [5.74, 6) is 2.91. The molecular formula is C9H2BrF2N. The van der Waals surface area contributed by atoms with Crippen molar-refractivity contribution in [1.82, 2.24) is 0 Å². The van der Waals surface area contributed by atoms with Gasteiger partial charge in [-0.15, -0.1) is 0 Å². The van der Waals surface area contributed by atoms with Crippen LogP contribution in [0, 0.1) is 34.8 Å². The highest BCUT2D eigenvalue weighted by atomic mass is 79.9. The minimum atomic E-state index is -0.656. The van der Waals surface area contributed by atoms with Gasteiger partial charge < -0.3 is 0 Å². The maximum Gasteiger partial charge on any atom is 0.152 e. The van der Waals surface area contributed by atoms with Crippen molar-refractivity contribution in [3.05, 3.63) is 33.8 Å². The van der Waals surface area contributed by atoms with Crippen molar-refractivity contribution in [2.75, 3.05) is 0 Å². The molecule has 1 nitrogen and oxygen atoms in total. The van der Waals surface area contributed by atoms with Crippen LogP contribution in [0.3, 0.4) is 0 Å². The van der Waals surface area contributed by atoms with Gasteiger partial charge in [-0.25, -0.2) is 8.78 Å². The van der Waals surface area contributed by atoms with Gasteiger partial charge in [0.2, 0.25) is 0 Å². The molecule has 0 aliphatic carbocycles. The van der Waals surface area contributed by atoms with Gasteiger partial charge >= 0.3 is 0 Å². The number of halogens is 3. The van der Waals surface area contributed by atoms with Crippen LogP contribution in [-0.2, 0) is 0 Å². The Bertz CT molecular complexity index is 437. The molecule has 0 atom stereocenters. The largest absolute Gasteiger partial charge is 0.206 e. The third-order valence-corrected chi connectivity index (χ3v) is 1.87. The molecule has 1 aromatic rings. The molecule has 0 saturated heterocycles. The van der Waals surface area contributed by atoms with Gasteiger partial charge in [0.25, 0.3) is 0 Å². The van der Waals surface area contributed by atoms with E-state index in [0.717, 1.165) is 12.1 Å². The molecule has 0 saturated carbocycles. The summed E-state index contributed by atoms with van der Waals surface area (Å²) in [7, 11) is 0. The Balaban J connectivity index is 3.25. The van der Waals surface area contributed by atoms with Gasteiger partial charge in [-0.1, -0.05) is 0 Å². The third-order valence-electron chi connectivity index (χ3n) is 1.26. The van der Waals surface area contributed by atoms with Gasteiger partial charge in [0.1, 0.15) is 11.6 Å². The lowest BCUT2D eigenvalue weighted by Crippen LogP contribution is -1.87. The minimum absolute atomic E-state index is 0.0347. The van der Waals surface area contributed by atoms with E-state index in [-0.39, 0.29) is 10.0 Å². The number of nitrogens with zero attached hydrogens (tertiary/aromatic N) is 1. The molecule has 13 heavy (non-hydrogen) atoms. The maximum absolute atomic E-state index is 12.9. The fourth-order valence-electron chi connectivity index (χ4n) is 0.714. The van der Waals surface area contributed by atoms with Crippen molar-refractivity contribution < 1.29 is 8.78 Å². The highest BCUT2D eigenvalue weighted by Crippen LogP contribution is 2.19. The van der Waals surface area contributed by atoms with Gasteiger partial charge in [0.05, 0.1) is 10.0 Å². The SMILES string of the molecule is N#CC#Cc1cc(F)c(Br)cc1F. The van der Waals surface area contributed by atoms with E-state index in [4.69, 9.17) is 5.26 Å². The summed E-state index contributed by atoms with van der Waals surface area (Å²) in [4.78, 5) is 0. The molecule has 0 fully saturated rings. The van der Waals surface area contributed by atoms with Crippen LogP contribution in [0.15, 0.2) is 16.6 Å². The quantitative estimate of drug-likeness (QED) is 0.506. The summed E-state index contributed by atoms with van der Waals surface area (Å²) < 4.78 is 25.8. The minimum Gasteiger partial charge on any atom is -0.206 e. The zero-order chi connectivity index (χ0) is 9.84. The molecule has 0 aliphatic heterocycles. The normalized spacial score (nSPS) is 8.46. The van der Waals surface area contributed by atoms with Crippen LogP contribution in [-0.4, -0.2) is 0 Å². The maximum atomic E-state index is 12.9. The summed E-state index contributed by atoms with van der Waals surface area (Å²) in [5.41, 5.74) is -0.123. The molecule has 0 N–H and O–H groups in total. The van der Waals surface area contributed by atoms with Crippen LogP contribution in [0.2, 0.25) is 0 Å². The standard InChI is InChI=1S/C9H2BrF2N/c10-7-5-8(11)6(2-1-3-13)4-9(7)12/h4-5H. The Hall–Kier alpha value is -1.39. The van der Waals surface area contributed by atoms with E-state index in [1.807, 2.05) is 5.92 Å². The highest BCUT2D eigenvalue weighted by Gasteiger charge is 2.05. The number of benzene rings is 1. The summed E-state index contributed by atoms with van der Waals surface area (Å²) in [5, 5.41) is 8.09. The monoisotopic (exact) mass is 241 g/mol. The molecule has 64 valence electrons. The van der Waals surface area contributed by atoms with Gasteiger partial charge in [-0.3, -0.25) is 0 Å².